The van der Waals surface area contributed by atoms with Gasteiger partial charge >= 0.3 is 0 Å². The van der Waals surface area contributed by atoms with Crippen molar-refractivity contribution in [3.05, 3.63) is 29.8 Å². The van der Waals surface area contributed by atoms with E-state index in [4.69, 9.17) is 5.73 Å². The fraction of sp³-hybridized carbons (Fsp3) is 0.588. The van der Waals surface area contributed by atoms with Gasteiger partial charge in [0.1, 0.15) is 0 Å². The van der Waals surface area contributed by atoms with E-state index in [-0.39, 0.29) is 24.4 Å². The molecule has 3 nitrogen and oxygen atoms in total. The number of benzene rings is 1. The van der Waals surface area contributed by atoms with E-state index < -0.39 is 0 Å². The van der Waals surface area contributed by atoms with Gasteiger partial charge in [-0.2, -0.15) is 0 Å². The molecule has 1 aliphatic heterocycles. The lowest BCUT2D eigenvalue weighted by Crippen LogP contribution is -2.41. The molecule has 1 aromatic rings. The molecule has 0 saturated heterocycles. The molecular weight excluding hydrogens is 284 g/mol. The van der Waals surface area contributed by atoms with Crippen molar-refractivity contribution >= 4 is 24.0 Å². The van der Waals surface area contributed by atoms with Gasteiger partial charge in [0.2, 0.25) is 5.91 Å². The summed E-state index contributed by atoms with van der Waals surface area (Å²) in [4.78, 5) is 14.9. The van der Waals surface area contributed by atoms with Gasteiger partial charge in [-0.3, -0.25) is 4.79 Å². The Morgan fingerprint density at radius 3 is 2.76 bits per heavy atom. The number of carbonyl (C=O) groups excluding carboxylic acids is 1. The standard InChI is InChI=1S/C17H24N2O.ClH/c18-15-9-5-8-14(12-15)17(20)19-11-4-3-7-13-6-1-2-10-16(13)19;/h1-2,6,10,14-15H,3-5,7-9,11-12,18H2;1H. The Morgan fingerprint density at radius 2 is 1.95 bits per heavy atom. The number of hydrogen-bond donors (Lipinski definition) is 1. The van der Waals surface area contributed by atoms with Crippen molar-refractivity contribution < 1.29 is 4.79 Å². The second-order valence-electron chi connectivity index (χ2n) is 6.20. The number of fused-ring (bicyclic) bond motifs is 1. The molecule has 0 radical (unpaired) electrons. The molecule has 2 unspecified atom stereocenters. The average Bonchev–Trinajstić information content (AvgIpc) is 2.69. The summed E-state index contributed by atoms with van der Waals surface area (Å²) in [6, 6.07) is 8.58. The van der Waals surface area contributed by atoms with Gasteiger partial charge in [0.05, 0.1) is 0 Å². The number of nitrogens with zero attached hydrogens (tertiary/aromatic N) is 1. The number of aryl methyl sites for hydroxylation is 1. The highest BCUT2D eigenvalue weighted by molar-refractivity contribution is 5.96. The highest BCUT2D eigenvalue weighted by Gasteiger charge is 2.30. The number of para-hydroxylation sites is 1. The van der Waals surface area contributed by atoms with Crippen molar-refractivity contribution in [2.24, 2.45) is 11.7 Å². The molecule has 1 aromatic carbocycles. The SMILES string of the molecule is Cl.NC1CCCC(C(=O)N2CCCCc3ccccc32)C1. The Kier molecular flexibility index (Phi) is 5.65. The van der Waals surface area contributed by atoms with Crippen LogP contribution in [-0.2, 0) is 11.2 Å². The molecule has 2 atom stereocenters. The summed E-state index contributed by atoms with van der Waals surface area (Å²) in [5.41, 5.74) is 8.50. The fourth-order valence-electron chi connectivity index (χ4n) is 3.59. The molecule has 2 N–H and O–H groups in total. The molecule has 1 saturated carbocycles. The molecule has 1 fully saturated rings. The summed E-state index contributed by atoms with van der Waals surface area (Å²) in [6.07, 6.45) is 7.38. The Labute approximate surface area is 133 Å². The van der Waals surface area contributed by atoms with Crippen molar-refractivity contribution in [2.75, 3.05) is 11.4 Å². The number of amides is 1. The van der Waals surface area contributed by atoms with Crippen molar-refractivity contribution in [3.63, 3.8) is 0 Å². The first kappa shape index (κ1) is 16.3. The van der Waals surface area contributed by atoms with Crippen molar-refractivity contribution in [1.82, 2.24) is 0 Å². The third kappa shape index (κ3) is 3.58. The molecule has 4 heteroatoms. The quantitative estimate of drug-likeness (QED) is 0.865. The van der Waals surface area contributed by atoms with Crippen LogP contribution in [0.25, 0.3) is 0 Å². The van der Waals surface area contributed by atoms with Gasteiger partial charge in [-0.05, 0) is 50.2 Å². The van der Waals surface area contributed by atoms with Crippen LogP contribution < -0.4 is 10.6 Å². The number of rotatable bonds is 1. The summed E-state index contributed by atoms with van der Waals surface area (Å²) < 4.78 is 0. The molecule has 1 heterocycles. The molecule has 0 aromatic heterocycles. The number of halogens is 1. The normalized spacial score (nSPS) is 25.5. The molecule has 116 valence electrons. The lowest BCUT2D eigenvalue weighted by molar-refractivity contribution is -0.123. The molecule has 1 aliphatic carbocycles. The summed E-state index contributed by atoms with van der Waals surface area (Å²) in [5.74, 6) is 0.430. The highest BCUT2D eigenvalue weighted by Crippen LogP contribution is 2.31. The van der Waals surface area contributed by atoms with Crippen LogP contribution in [0, 0.1) is 5.92 Å². The molecule has 1 amide bonds. The Bertz CT molecular complexity index is 491. The molecular formula is C17H25ClN2O. The maximum Gasteiger partial charge on any atom is 0.230 e. The van der Waals surface area contributed by atoms with Crippen LogP contribution >= 0.6 is 12.4 Å². The minimum atomic E-state index is 0. The zero-order chi connectivity index (χ0) is 13.9. The van der Waals surface area contributed by atoms with Crippen LogP contribution in [-0.4, -0.2) is 18.5 Å². The van der Waals surface area contributed by atoms with Crippen molar-refractivity contribution in [2.45, 2.75) is 51.0 Å². The summed E-state index contributed by atoms with van der Waals surface area (Å²) in [6.45, 7) is 0.863. The van der Waals surface area contributed by atoms with Gasteiger partial charge in [-0.25, -0.2) is 0 Å². The average molecular weight is 309 g/mol. The van der Waals surface area contributed by atoms with E-state index in [1.54, 1.807) is 0 Å². The van der Waals surface area contributed by atoms with E-state index in [9.17, 15) is 4.79 Å². The van der Waals surface area contributed by atoms with Crippen LogP contribution in [0.4, 0.5) is 5.69 Å². The van der Waals surface area contributed by atoms with Crippen molar-refractivity contribution in [3.8, 4) is 0 Å². The Balaban J connectivity index is 0.00000161. The first-order valence-electron chi connectivity index (χ1n) is 7.90. The number of anilines is 1. The molecule has 21 heavy (non-hydrogen) atoms. The highest BCUT2D eigenvalue weighted by atomic mass is 35.5. The smallest absolute Gasteiger partial charge is 0.230 e. The van der Waals surface area contributed by atoms with Gasteiger partial charge in [-0.15, -0.1) is 12.4 Å². The predicted molar refractivity (Wildman–Crippen MR) is 88.9 cm³/mol. The topological polar surface area (TPSA) is 46.3 Å². The van der Waals surface area contributed by atoms with Crippen LogP contribution in [0.3, 0.4) is 0 Å². The number of nitrogens with two attached hydrogens (primary N) is 1. The van der Waals surface area contributed by atoms with Crippen LogP contribution in [0.5, 0.6) is 0 Å². The summed E-state index contributed by atoms with van der Waals surface area (Å²) >= 11 is 0. The van der Waals surface area contributed by atoms with Crippen LogP contribution in [0.2, 0.25) is 0 Å². The second-order valence-corrected chi connectivity index (χ2v) is 6.20. The van der Waals surface area contributed by atoms with Gasteiger partial charge in [-0.1, -0.05) is 24.6 Å². The van der Waals surface area contributed by atoms with Gasteiger partial charge in [0.25, 0.3) is 0 Å². The largest absolute Gasteiger partial charge is 0.328 e. The number of hydrogen-bond acceptors (Lipinski definition) is 2. The Morgan fingerprint density at radius 1 is 1.14 bits per heavy atom. The minimum absolute atomic E-state index is 0. The maximum atomic E-state index is 12.9. The lowest BCUT2D eigenvalue weighted by Gasteiger charge is -2.31. The lowest BCUT2D eigenvalue weighted by atomic mass is 9.85. The van der Waals surface area contributed by atoms with Crippen molar-refractivity contribution in [1.29, 1.82) is 0 Å². The number of carbonyl (C=O) groups is 1. The third-order valence-electron chi connectivity index (χ3n) is 4.69. The zero-order valence-electron chi connectivity index (χ0n) is 12.5. The van der Waals surface area contributed by atoms with E-state index in [1.165, 1.54) is 12.0 Å². The molecule has 3 rings (SSSR count). The summed E-state index contributed by atoms with van der Waals surface area (Å²) in [5, 5.41) is 0. The van der Waals surface area contributed by atoms with Gasteiger partial charge in [0.15, 0.2) is 0 Å². The second kappa shape index (κ2) is 7.28. The maximum absolute atomic E-state index is 12.9. The molecule has 0 bridgehead atoms. The monoisotopic (exact) mass is 308 g/mol. The molecule has 0 spiro atoms. The minimum Gasteiger partial charge on any atom is -0.328 e. The first-order valence-corrected chi connectivity index (χ1v) is 7.90. The van der Waals surface area contributed by atoms with E-state index in [2.05, 4.69) is 18.2 Å². The van der Waals surface area contributed by atoms with E-state index in [1.807, 2.05) is 11.0 Å². The van der Waals surface area contributed by atoms with E-state index in [0.717, 1.165) is 50.8 Å². The third-order valence-corrected chi connectivity index (χ3v) is 4.69. The Hall–Kier alpha value is -1.06. The molecule has 2 aliphatic rings. The zero-order valence-corrected chi connectivity index (χ0v) is 13.3. The van der Waals surface area contributed by atoms with E-state index >= 15 is 0 Å². The van der Waals surface area contributed by atoms with Gasteiger partial charge < -0.3 is 10.6 Å². The van der Waals surface area contributed by atoms with Crippen LogP contribution in [0.15, 0.2) is 24.3 Å². The van der Waals surface area contributed by atoms with E-state index in [0.29, 0.717) is 5.91 Å². The fourth-order valence-corrected chi connectivity index (χ4v) is 3.59. The predicted octanol–water partition coefficient (Wildman–Crippen LogP) is 3.30. The summed E-state index contributed by atoms with van der Waals surface area (Å²) in [7, 11) is 0. The first-order chi connectivity index (χ1) is 9.75. The van der Waals surface area contributed by atoms with Gasteiger partial charge in [0, 0.05) is 24.2 Å². The van der Waals surface area contributed by atoms with Crippen LogP contribution in [0.1, 0.15) is 44.1 Å².